The molecule has 0 saturated carbocycles. The molecule has 3 fully saturated rings. The number of hydrogen-bond acceptors (Lipinski definition) is 9. The molecule has 10 heteroatoms. The number of hydrogen-bond donors (Lipinski definition) is 3. The number of aliphatic hydroxyl groups excluding tert-OH is 1. The van der Waals surface area contributed by atoms with Gasteiger partial charge in [0.25, 0.3) is 0 Å². The minimum Gasteiger partial charge on any atom is -0.783 e. The van der Waals surface area contributed by atoms with E-state index in [1.165, 1.54) is 6.42 Å². The van der Waals surface area contributed by atoms with Crippen LogP contribution in [0.5, 0.6) is 0 Å². The summed E-state index contributed by atoms with van der Waals surface area (Å²) in [6, 6.07) is 7.26. The SMILES string of the molecule is CC(/C=C/[C@H]1O[C@H](CC(=O)NCCN([O-])COCc2ccc(N)cc2)C[C@@]2(CO2)[C@@H]1O)=C\C[C@@H]1O[C@H](C)[C@H](C)C[C@@H]1C. The van der Waals surface area contributed by atoms with Crippen LogP contribution >= 0.6 is 0 Å². The Labute approximate surface area is 249 Å². The van der Waals surface area contributed by atoms with E-state index in [2.05, 4.69) is 32.2 Å². The molecule has 0 bridgehead atoms. The average molecular weight is 587 g/mol. The first kappa shape index (κ1) is 32.6. The van der Waals surface area contributed by atoms with E-state index < -0.39 is 23.9 Å². The number of anilines is 1. The monoisotopic (exact) mass is 586 g/mol. The smallest absolute Gasteiger partial charge is 0.222 e. The molecule has 234 valence electrons. The molecule has 1 aromatic rings. The zero-order chi connectivity index (χ0) is 30.3. The van der Waals surface area contributed by atoms with Crippen LogP contribution in [0, 0.1) is 17.0 Å². The van der Waals surface area contributed by atoms with Gasteiger partial charge >= 0.3 is 0 Å². The number of carbonyl (C=O) groups is 1. The molecule has 0 radical (unpaired) electrons. The van der Waals surface area contributed by atoms with Crippen LogP contribution in [-0.4, -0.2) is 78.6 Å². The van der Waals surface area contributed by atoms with Gasteiger partial charge in [-0.15, -0.1) is 0 Å². The number of rotatable bonds is 13. The number of nitrogens with one attached hydrogen (secondary N) is 1. The minimum atomic E-state index is -0.799. The largest absolute Gasteiger partial charge is 0.783 e. The van der Waals surface area contributed by atoms with Crippen molar-refractivity contribution in [2.24, 2.45) is 11.8 Å². The molecular weight excluding hydrogens is 538 g/mol. The van der Waals surface area contributed by atoms with Gasteiger partial charge in [0.1, 0.15) is 17.8 Å². The molecule has 3 aliphatic heterocycles. The zero-order valence-corrected chi connectivity index (χ0v) is 25.4. The summed E-state index contributed by atoms with van der Waals surface area (Å²) in [6.07, 6.45) is 7.27. The Morgan fingerprint density at radius 1 is 1.24 bits per heavy atom. The number of epoxide rings is 1. The lowest BCUT2D eigenvalue weighted by Gasteiger charge is -2.37. The van der Waals surface area contributed by atoms with Gasteiger partial charge in [-0.2, -0.15) is 0 Å². The molecule has 8 atom stereocenters. The molecule has 42 heavy (non-hydrogen) atoms. The first-order chi connectivity index (χ1) is 20.0. The summed E-state index contributed by atoms with van der Waals surface area (Å²) < 4.78 is 23.4. The van der Waals surface area contributed by atoms with Gasteiger partial charge < -0.3 is 45.4 Å². The summed E-state index contributed by atoms with van der Waals surface area (Å²) in [5.74, 6) is 0.870. The lowest BCUT2D eigenvalue weighted by Crippen LogP contribution is -2.51. The summed E-state index contributed by atoms with van der Waals surface area (Å²) in [6.45, 7) is 9.61. The molecule has 1 spiro atoms. The van der Waals surface area contributed by atoms with Crippen LogP contribution < -0.4 is 11.1 Å². The third kappa shape index (κ3) is 9.34. The van der Waals surface area contributed by atoms with Crippen LogP contribution in [0.2, 0.25) is 0 Å². The Kier molecular flexibility index (Phi) is 11.6. The standard InChI is InChI=1S/C32H48N3O7/c1-21(5-11-28-23(3)15-22(2)24(4)41-28)6-12-29-31(37)32(19-40-32)17-27(42-29)16-30(36)34-13-14-35(38)20-39-18-25-7-9-26(33)10-8-25/h5-10,12,22-24,27-29,31,37H,11,13-20,33H2,1-4H3,(H,34,36)/q-1/b12-6+,21-5+/t22-,23+,24-,27-,28+,29-,31-,32-/m1/s1. The van der Waals surface area contributed by atoms with Gasteiger partial charge in [-0.25, -0.2) is 0 Å². The van der Waals surface area contributed by atoms with Crippen LogP contribution in [0.1, 0.15) is 58.9 Å². The topological polar surface area (TPSA) is 142 Å². The minimum absolute atomic E-state index is 0.101. The highest BCUT2D eigenvalue weighted by molar-refractivity contribution is 5.76. The van der Waals surface area contributed by atoms with Crippen LogP contribution in [0.15, 0.2) is 48.1 Å². The van der Waals surface area contributed by atoms with Gasteiger partial charge in [-0.1, -0.05) is 49.8 Å². The number of ether oxygens (including phenoxy) is 4. The number of allylic oxidation sites excluding steroid dienone is 2. The normalized spacial score (nSPS) is 33.4. The Bertz CT molecular complexity index is 1070. The van der Waals surface area contributed by atoms with Crippen molar-refractivity contribution in [3.8, 4) is 0 Å². The van der Waals surface area contributed by atoms with Gasteiger partial charge in [0.15, 0.2) is 0 Å². The number of aliphatic hydroxyl groups is 1. The van der Waals surface area contributed by atoms with Crippen molar-refractivity contribution in [2.45, 2.75) is 96.1 Å². The lowest BCUT2D eigenvalue weighted by molar-refractivity contribution is -0.145. The molecule has 1 amide bonds. The maximum atomic E-state index is 12.6. The molecule has 4 N–H and O–H groups in total. The lowest BCUT2D eigenvalue weighted by atomic mass is 9.85. The summed E-state index contributed by atoms with van der Waals surface area (Å²) >= 11 is 0. The zero-order valence-electron chi connectivity index (χ0n) is 25.4. The number of hydroxylamine groups is 2. The molecule has 0 aromatic heterocycles. The molecule has 1 aromatic carbocycles. The second-order valence-corrected chi connectivity index (χ2v) is 12.3. The third-order valence-electron chi connectivity index (χ3n) is 8.66. The van der Waals surface area contributed by atoms with E-state index in [0.29, 0.717) is 37.2 Å². The van der Waals surface area contributed by atoms with Crippen molar-refractivity contribution >= 4 is 11.6 Å². The Morgan fingerprint density at radius 3 is 2.69 bits per heavy atom. The number of nitrogens with two attached hydrogens (primary N) is 1. The number of benzene rings is 1. The number of nitrogens with zero attached hydrogens (tertiary/aromatic N) is 1. The van der Waals surface area contributed by atoms with E-state index in [0.717, 1.165) is 22.6 Å². The van der Waals surface area contributed by atoms with E-state index in [-0.39, 0.29) is 44.4 Å². The highest BCUT2D eigenvalue weighted by Crippen LogP contribution is 2.43. The van der Waals surface area contributed by atoms with Crippen molar-refractivity contribution in [1.29, 1.82) is 0 Å². The fourth-order valence-corrected chi connectivity index (χ4v) is 5.72. The van der Waals surface area contributed by atoms with Crippen molar-refractivity contribution < 1.29 is 28.8 Å². The van der Waals surface area contributed by atoms with Crippen molar-refractivity contribution in [3.63, 3.8) is 0 Å². The van der Waals surface area contributed by atoms with Gasteiger partial charge in [-0.3, -0.25) is 4.79 Å². The second kappa shape index (κ2) is 14.9. The van der Waals surface area contributed by atoms with E-state index in [9.17, 15) is 15.1 Å². The van der Waals surface area contributed by atoms with Gasteiger partial charge in [0, 0.05) is 25.2 Å². The number of amides is 1. The summed E-state index contributed by atoms with van der Waals surface area (Å²) in [5.41, 5.74) is 7.67. The molecule has 3 heterocycles. The highest BCUT2D eigenvalue weighted by atomic mass is 16.6. The van der Waals surface area contributed by atoms with Crippen LogP contribution in [-0.2, 0) is 30.3 Å². The van der Waals surface area contributed by atoms with Gasteiger partial charge in [0.2, 0.25) is 5.91 Å². The summed E-state index contributed by atoms with van der Waals surface area (Å²) in [5, 5.41) is 26.5. The first-order valence-electron chi connectivity index (χ1n) is 15.1. The quantitative estimate of drug-likeness (QED) is 0.104. The maximum absolute atomic E-state index is 12.6. The molecule has 0 aliphatic carbocycles. The van der Waals surface area contributed by atoms with Crippen molar-refractivity contribution in [2.75, 3.05) is 32.2 Å². The third-order valence-corrected chi connectivity index (χ3v) is 8.66. The fourth-order valence-electron chi connectivity index (χ4n) is 5.72. The summed E-state index contributed by atoms with van der Waals surface area (Å²) in [4.78, 5) is 12.6. The fraction of sp³-hybridized carbons (Fsp3) is 0.656. The Morgan fingerprint density at radius 2 is 1.98 bits per heavy atom. The van der Waals surface area contributed by atoms with E-state index in [1.807, 2.05) is 31.2 Å². The average Bonchev–Trinajstić information content (AvgIpc) is 3.72. The summed E-state index contributed by atoms with van der Waals surface area (Å²) in [7, 11) is 0. The maximum Gasteiger partial charge on any atom is 0.222 e. The second-order valence-electron chi connectivity index (χ2n) is 12.3. The molecule has 3 aliphatic rings. The van der Waals surface area contributed by atoms with Crippen LogP contribution in [0.3, 0.4) is 0 Å². The van der Waals surface area contributed by atoms with E-state index in [1.54, 1.807) is 12.1 Å². The van der Waals surface area contributed by atoms with Crippen LogP contribution in [0.25, 0.3) is 0 Å². The predicted molar refractivity (Wildman–Crippen MR) is 161 cm³/mol. The van der Waals surface area contributed by atoms with Crippen molar-refractivity contribution in [3.05, 3.63) is 58.8 Å². The Balaban J connectivity index is 1.18. The number of carbonyl (C=O) groups excluding carboxylic acids is 1. The molecular formula is C32H48N3O7-. The van der Waals surface area contributed by atoms with Crippen LogP contribution in [0.4, 0.5) is 5.69 Å². The van der Waals surface area contributed by atoms with E-state index >= 15 is 0 Å². The highest BCUT2D eigenvalue weighted by Gasteiger charge is 2.58. The molecule has 0 unspecified atom stereocenters. The molecule has 4 rings (SSSR count). The number of nitrogen functional groups attached to an aromatic ring is 1. The van der Waals surface area contributed by atoms with Gasteiger partial charge in [-0.05, 0) is 56.2 Å². The van der Waals surface area contributed by atoms with Crippen molar-refractivity contribution in [1.82, 2.24) is 10.4 Å². The Hall–Kier alpha value is -2.31. The molecule has 3 saturated heterocycles. The van der Waals surface area contributed by atoms with Gasteiger partial charge in [0.05, 0.1) is 44.7 Å². The predicted octanol–water partition coefficient (Wildman–Crippen LogP) is 3.68. The molecule has 10 nitrogen and oxygen atoms in total. The first-order valence-corrected chi connectivity index (χ1v) is 15.1. The van der Waals surface area contributed by atoms with E-state index in [4.69, 9.17) is 24.7 Å².